The Labute approximate surface area is 161 Å². The molecule has 0 saturated carbocycles. The smallest absolute Gasteiger partial charge is 0.227 e. The van der Waals surface area contributed by atoms with E-state index in [2.05, 4.69) is 50.9 Å². The Bertz CT molecular complexity index is 767. The Balaban J connectivity index is 1.38. The molecular formula is C21H29N5O. The van der Waals surface area contributed by atoms with Crippen molar-refractivity contribution >= 4 is 11.8 Å². The molecule has 4 rings (SSSR count). The summed E-state index contributed by atoms with van der Waals surface area (Å²) in [6.45, 7) is 9.28. The summed E-state index contributed by atoms with van der Waals surface area (Å²) >= 11 is 0. The second-order valence-corrected chi connectivity index (χ2v) is 7.48. The van der Waals surface area contributed by atoms with Gasteiger partial charge >= 0.3 is 0 Å². The van der Waals surface area contributed by atoms with Gasteiger partial charge in [-0.3, -0.25) is 4.90 Å². The van der Waals surface area contributed by atoms with Crippen molar-refractivity contribution in [1.29, 1.82) is 0 Å². The summed E-state index contributed by atoms with van der Waals surface area (Å²) in [6.07, 6.45) is 2.49. The first kappa shape index (κ1) is 18.0. The third kappa shape index (κ3) is 4.33. The Morgan fingerprint density at radius 3 is 2.44 bits per heavy atom. The minimum Gasteiger partial charge on any atom is -0.497 e. The normalized spacial score (nSPS) is 18.1. The van der Waals surface area contributed by atoms with Gasteiger partial charge in [0, 0.05) is 57.6 Å². The highest BCUT2D eigenvalue weighted by molar-refractivity contribution is 5.46. The van der Waals surface area contributed by atoms with Crippen LogP contribution in [-0.2, 0) is 6.54 Å². The number of aryl methyl sites for hydroxylation is 1. The summed E-state index contributed by atoms with van der Waals surface area (Å²) in [7, 11) is 1.72. The van der Waals surface area contributed by atoms with E-state index in [9.17, 15) is 0 Å². The van der Waals surface area contributed by atoms with E-state index >= 15 is 0 Å². The first-order valence-corrected chi connectivity index (χ1v) is 9.92. The number of ether oxygens (including phenoxy) is 1. The summed E-state index contributed by atoms with van der Waals surface area (Å²) in [4.78, 5) is 16.8. The number of aromatic nitrogens is 2. The summed E-state index contributed by atoms with van der Waals surface area (Å²) < 4.78 is 5.34. The van der Waals surface area contributed by atoms with Gasteiger partial charge in [0.2, 0.25) is 5.95 Å². The number of nitrogens with zero attached hydrogens (tertiary/aromatic N) is 5. The van der Waals surface area contributed by atoms with Crippen molar-refractivity contribution in [1.82, 2.24) is 14.9 Å². The van der Waals surface area contributed by atoms with E-state index in [-0.39, 0.29) is 0 Å². The molecule has 6 nitrogen and oxygen atoms in total. The third-order valence-electron chi connectivity index (χ3n) is 5.45. The van der Waals surface area contributed by atoms with Crippen LogP contribution in [0.5, 0.6) is 5.75 Å². The van der Waals surface area contributed by atoms with E-state index in [1.807, 2.05) is 6.07 Å². The first-order chi connectivity index (χ1) is 13.2. The average Bonchev–Trinajstić information content (AvgIpc) is 3.23. The molecule has 2 aromatic rings. The highest BCUT2D eigenvalue weighted by Crippen LogP contribution is 2.22. The molecule has 3 heterocycles. The topological polar surface area (TPSA) is 44.7 Å². The zero-order valence-electron chi connectivity index (χ0n) is 16.4. The van der Waals surface area contributed by atoms with E-state index in [0.717, 1.165) is 69.0 Å². The molecule has 27 heavy (non-hydrogen) atoms. The van der Waals surface area contributed by atoms with Gasteiger partial charge in [-0.25, -0.2) is 4.98 Å². The van der Waals surface area contributed by atoms with Crippen molar-refractivity contribution in [3.05, 3.63) is 41.6 Å². The quantitative estimate of drug-likeness (QED) is 0.810. The van der Waals surface area contributed by atoms with Crippen LogP contribution in [0.2, 0.25) is 0 Å². The van der Waals surface area contributed by atoms with E-state index in [4.69, 9.17) is 9.72 Å². The largest absolute Gasteiger partial charge is 0.497 e. The van der Waals surface area contributed by atoms with Crippen molar-refractivity contribution in [3.63, 3.8) is 0 Å². The van der Waals surface area contributed by atoms with Gasteiger partial charge in [0.05, 0.1) is 7.11 Å². The zero-order valence-corrected chi connectivity index (χ0v) is 16.4. The summed E-state index contributed by atoms with van der Waals surface area (Å²) in [5, 5.41) is 0. The maximum Gasteiger partial charge on any atom is 0.227 e. The highest BCUT2D eigenvalue weighted by Gasteiger charge is 2.21. The summed E-state index contributed by atoms with van der Waals surface area (Å²) in [6, 6.07) is 10.5. The van der Waals surface area contributed by atoms with Crippen molar-refractivity contribution in [2.75, 3.05) is 56.2 Å². The first-order valence-electron chi connectivity index (χ1n) is 9.92. The molecule has 0 radical (unpaired) electrons. The predicted octanol–water partition coefficient (Wildman–Crippen LogP) is 2.72. The van der Waals surface area contributed by atoms with Gasteiger partial charge in [-0.05, 0) is 37.5 Å². The zero-order chi connectivity index (χ0) is 18.6. The second-order valence-electron chi connectivity index (χ2n) is 7.48. The second kappa shape index (κ2) is 8.13. The number of benzene rings is 1. The lowest BCUT2D eigenvalue weighted by molar-refractivity contribution is 0.249. The van der Waals surface area contributed by atoms with E-state index < -0.39 is 0 Å². The van der Waals surface area contributed by atoms with Crippen LogP contribution < -0.4 is 14.5 Å². The van der Waals surface area contributed by atoms with Gasteiger partial charge in [0.15, 0.2) is 0 Å². The molecule has 0 atom stereocenters. The van der Waals surface area contributed by atoms with Crippen LogP contribution in [0.4, 0.5) is 11.8 Å². The Hall–Kier alpha value is -2.34. The molecule has 0 N–H and O–H groups in total. The molecule has 0 amide bonds. The van der Waals surface area contributed by atoms with Gasteiger partial charge in [-0.2, -0.15) is 4.98 Å². The van der Waals surface area contributed by atoms with Gasteiger partial charge in [0.1, 0.15) is 11.6 Å². The molecular weight excluding hydrogens is 338 g/mol. The highest BCUT2D eigenvalue weighted by atomic mass is 16.5. The molecule has 2 aliphatic rings. The lowest BCUT2D eigenvalue weighted by Crippen LogP contribution is -2.46. The molecule has 0 bridgehead atoms. The summed E-state index contributed by atoms with van der Waals surface area (Å²) in [5.41, 5.74) is 2.36. The fourth-order valence-corrected chi connectivity index (χ4v) is 3.92. The van der Waals surface area contributed by atoms with Crippen LogP contribution in [0.1, 0.15) is 24.1 Å². The fraction of sp³-hybridized carbons (Fsp3) is 0.524. The third-order valence-corrected chi connectivity index (χ3v) is 5.45. The van der Waals surface area contributed by atoms with Crippen LogP contribution in [0.3, 0.4) is 0 Å². The van der Waals surface area contributed by atoms with E-state index in [1.165, 1.54) is 18.4 Å². The minimum atomic E-state index is 0.904. The molecule has 0 unspecified atom stereocenters. The van der Waals surface area contributed by atoms with Gasteiger partial charge in [-0.15, -0.1) is 0 Å². The lowest BCUT2D eigenvalue weighted by Gasteiger charge is -2.35. The molecule has 1 aromatic heterocycles. The standard InChI is InChI=1S/C21H29N5O/c1-17-14-20(23-21(22-17)26-8-3-4-9-26)25-12-10-24(11-13-25)16-18-6-5-7-19(15-18)27-2/h5-7,14-15H,3-4,8-13,16H2,1-2H3. The van der Waals surface area contributed by atoms with Crippen LogP contribution >= 0.6 is 0 Å². The lowest BCUT2D eigenvalue weighted by atomic mass is 10.2. The molecule has 0 spiro atoms. The van der Waals surface area contributed by atoms with Crippen LogP contribution in [0.25, 0.3) is 0 Å². The van der Waals surface area contributed by atoms with E-state index in [0.29, 0.717) is 0 Å². The molecule has 6 heteroatoms. The number of piperazine rings is 1. The fourth-order valence-electron chi connectivity index (χ4n) is 3.92. The van der Waals surface area contributed by atoms with Crippen molar-refractivity contribution < 1.29 is 4.74 Å². The van der Waals surface area contributed by atoms with Crippen LogP contribution in [-0.4, -0.2) is 61.2 Å². The number of methoxy groups -OCH3 is 1. The van der Waals surface area contributed by atoms with Crippen molar-refractivity contribution in [2.24, 2.45) is 0 Å². The monoisotopic (exact) mass is 367 g/mol. The van der Waals surface area contributed by atoms with Crippen LogP contribution in [0, 0.1) is 6.92 Å². The SMILES string of the molecule is COc1cccc(CN2CCN(c3cc(C)nc(N4CCCC4)n3)CC2)c1. The maximum atomic E-state index is 5.34. The van der Waals surface area contributed by atoms with E-state index in [1.54, 1.807) is 7.11 Å². The number of rotatable bonds is 5. The Kier molecular flexibility index (Phi) is 5.43. The molecule has 2 aliphatic heterocycles. The molecule has 0 aliphatic carbocycles. The number of hydrogen-bond acceptors (Lipinski definition) is 6. The van der Waals surface area contributed by atoms with Crippen LogP contribution in [0.15, 0.2) is 30.3 Å². The van der Waals surface area contributed by atoms with Crippen molar-refractivity contribution in [2.45, 2.75) is 26.3 Å². The Morgan fingerprint density at radius 1 is 0.926 bits per heavy atom. The van der Waals surface area contributed by atoms with Crippen molar-refractivity contribution in [3.8, 4) is 5.75 Å². The van der Waals surface area contributed by atoms with Gasteiger partial charge < -0.3 is 14.5 Å². The maximum absolute atomic E-state index is 5.34. The molecule has 2 saturated heterocycles. The molecule has 144 valence electrons. The predicted molar refractivity (Wildman–Crippen MR) is 109 cm³/mol. The number of hydrogen-bond donors (Lipinski definition) is 0. The minimum absolute atomic E-state index is 0.904. The summed E-state index contributed by atoms with van der Waals surface area (Å²) in [5.74, 6) is 2.91. The van der Waals surface area contributed by atoms with Gasteiger partial charge in [-0.1, -0.05) is 12.1 Å². The molecule has 2 fully saturated rings. The molecule has 1 aromatic carbocycles. The average molecular weight is 367 g/mol. The number of anilines is 2. The Morgan fingerprint density at radius 2 is 1.70 bits per heavy atom. The van der Waals surface area contributed by atoms with Gasteiger partial charge in [0.25, 0.3) is 0 Å².